The number of nitrogens with zero attached hydrogens (tertiary/aromatic N) is 1. The van der Waals surface area contributed by atoms with Gasteiger partial charge in [-0.3, -0.25) is 0 Å². The molecule has 0 amide bonds. The van der Waals surface area contributed by atoms with E-state index >= 15 is 0 Å². The average molecular weight is 874 g/mol. The molecule has 0 aromatic heterocycles. The lowest BCUT2D eigenvalue weighted by atomic mass is 9.52. The van der Waals surface area contributed by atoms with E-state index in [1.165, 1.54) is 33.3 Å². The molecule has 2 aliphatic carbocycles. The van der Waals surface area contributed by atoms with Gasteiger partial charge in [-0.2, -0.15) is 0 Å². The molecule has 2 fully saturated rings. The summed E-state index contributed by atoms with van der Waals surface area (Å²) < 4.78 is 31.2. The van der Waals surface area contributed by atoms with Gasteiger partial charge in [0, 0.05) is 51.8 Å². The third kappa shape index (κ3) is 6.87. The first kappa shape index (κ1) is 42.2. The molecule has 0 radical (unpaired) electrons. The lowest BCUT2D eigenvalue weighted by molar-refractivity contribution is 0.0642. The lowest BCUT2D eigenvalue weighted by Gasteiger charge is -2.52. The van der Waals surface area contributed by atoms with E-state index in [0.717, 1.165) is 113 Å². The molecule has 6 nitrogen and oxygen atoms in total. The summed E-state index contributed by atoms with van der Waals surface area (Å²) in [4.78, 5) is 2.40. The Morgan fingerprint density at radius 1 is 0.561 bits per heavy atom. The minimum atomic E-state index is -0.948. The van der Waals surface area contributed by atoms with E-state index in [-0.39, 0.29) is 16.2 Å². The van der Waals surface area contributed by atoms with Crippen LogP contribution in [-0.4, -0.2) is 47.6 Å². The smallest absolute Gasteiger partial charge is 0.178 e. The first-order valence-corrected chi connectivity index (χ1v) is 23.5. The molecule has 2 aliphatic heterocycles. The fourth-order valence-corrected chi connectivity index (χ4v) is 12.8. The third-order valence-electron chi connectivity index (χ3n) is 14.9. The highest BCUT2D eigenvalue weighted by molar-refractivity contribution is 6.11. The van der Waals surface area contributed by atoms with E-state index in [2.05, 4.69) is 154 Å². The molecule has 1 atom stereocenters. The van der Waals surface area contributed by atoms with E-state index < -0.39 is 5.60 Å². The first-order chi connectivity index (χ1) is 31.9. The Bertz CT molecular complexity index is 2980. The first-order valence-electron chi connectivity index (χ1n) is 23.5. The molecule has 1 saturated carbocycles. The summed E-state index contributed by atoms with van der Waals surface area (Å²) in [5, 5.41) is 2.21. The van der Waals surface area contributed by atoms with Gasteiger partial charge < -0.3 is 28.6 Å². The van der Waals surface area contributed by atoms with Crippen LogP contribution in [0.15, 0.2) is 140 Å². The number of rotatable bonds is 8. The largest absolute Gasteiger partial charge is 0.497 e. The van der Waals surface area contributed by atoms with E-state index in [9.17, 15) is 0 Å². The predicted octanol–water partition coefficient (Wildman–Crippen LogP) is 13.9. The number of benzene rings is 7. The summed E-state index contributed by atoms with van der Waals surface area (Å²) in [7, 11) is 5.20. The Morgan fingerprint density at radius 3 is 1.76 bits per heavy atom. The van der Waals surface area contributed by atoms with Crippen molar-refractivity contribution in [3.63, 3.8) is 0 Å². The van der Waals surface area contributed by atoms with E-state index in [1.54, 1.807) is 21.3 Å². The molecular weight excluding hydrogens is 815 g/mol. The summed E-state index contributed by atoms with van der Waals surface area (Å²) >= 11 is 0. The van der Waals surface area contributed by atoms with Gasteiger partial charge in [-0.15, -0.1) is 0 Å². The number of hydrogen-bond acceptors (Lipinski definition) is 6. The van der Waals surface area contributed by atoms with Crippen molar-refractivity contribution in [2.45, 2.75) is 58.0 Å². The monoisotopic (exact) mass is 873 g/mol. The Labute approximate surface area is 389 Å². The topological polar surface area (TPSA) is 49.4 Å². The van der Waals surface area contributed by atoms with Crippen LogP contribution in [0.3, 0.4) is 0 Å². The summed E-state index contributed by atoms with van der Waals surface area (Å²) in [6.45, 7) is 13.1. The average Bonchev–Trinajstić information content (AvgIpc) is 3.60. The van der Waals surface area contributed by atoms with Crippen molar-refractivity contribution in [1.29, 1.82) is 0 Å². The molecule has 1 unspecified atom stereocenters. The van der Waals surface area contributed by atoms with Crippen molar-refractivity contribution in [2.75, 3.05) is 52.5 Å². The molecule has 0 bridgehead atoms. The molecule has 7 aromatic carbocycles. The lowest BCUT2D eigenvalue weighted by Crippen LogP contribution is -2.44. The summed E-state index contributed by atoms with van der Waals surface area (Å²) in [6, 6.07) is 48.3. The second-order valence-corrected chi connectivity index (χ2v) is 20.4. The van der Waals surface area contributed by atoms with Crippen LogP contribution in [0, 0.1) is 10.8 Å². The van der Waals surface area contributed by atoms with Gasteiger partial charge in [-0.05, 0) is 129 Å². The third-order valence-corrected chi connectivity index (χ3v) is 14.9. The zero-order valence-electron chi connectivity index (χ0n) is 39.3. The highest BCUT2D eigenvalue weighted by Crippen LogP contribution is 2.67. The van der Waals surface area contributed by atoms with Gasteiger partial charge in [-0.25, -0.2) is 0 Å². The quantitative estimate of drug-likeness (QED) is 0.152. The highest BCUT2D eigenvalue weighted by Gasteiger charge is 2.55. The Hall–Kier alpha value is -6.50. The molecule has 0 N–H and O–H groups in total. The molecule has 4 aliphatic rings. The standard InChI is InChI=1S/C60H59NO5/c1-57(2)36-58(3,4)38-59(37-57)52-11-9-8-10-47(52)54-50-34-49(41-14-12-39(13-15-41)40-16-24-45(62-5)25-17-40)53(64-7)35-51(50)56-48(55(54)59)28-29-60(66-56,43-20-26-46(63-6)27-21-43)42-18-22-44(23-19-42)61-30-32-65-33-31-61/h8-29,34-35H,30-33,36-38H2,1-7H3. The SMILES string of the molecule is COc1ccc(-c2ccc(-c3cc4c5c(c6c(c4cc3OC)OC(c3ccc(OC)cc3)(c3ccc(N4CCOCC4)cc3)C=C6)C3(CC(C)(C)CC(C)(C)C3)c3ccccc3-5)cc2)cc1. The van der Waals surface area contributed by atoms with E-state index in [1.807, 2.05) is 24.3 Å². The molecule has 6 heteroatoms. The van der Waals surface area contributed by atoms with Crippen LogP contribution in [0.2, 0.25) is 0 Å². The maximum atomic E-state index is 7.93. The number of morpholine rings is 1. The fourth-order valence-electron chi connectivity index (χ4n) is 12.8. The minimum Gasteiger partial charge on any atom is -0.497 e. The van der Waals surface area contributed by atoms with E-state index in [0.29, 0.717) is 0 Å². The van der Waals surface area contributed by atoms with Gasteiger partial charge in [0.1, 0.15) is 23.0 Å². The summed E-state index contributed by atoms with van der Waals surface area (Å²) in [5.74, 6) is 3.33. The summed E-state index contributed by atoms with van der Waals surface area (Å²) in [5.41, 5.74) is 13.3. The second-order valence-electron chi connectivity index (χ2n) is 20.4. The molecule has 7 aromatic rings. The molecule has 11 rings (SSSR count). The Morgan fingerprint density at radius 2 is 1.14 bits per heavy atom. The van der Waals surface area contributed by atoms with Crippen LogP contribution in [0.4, 0.5) is 5.69 Å². The second kappa shape index (κ2) is 15.8. The van der Waals surface area contributed by atoms with Gasteiger partial charge in [0.15, 0.2) is 5.60 Å². The minimum absolute atomic E-state index is 0.101. The molecule has 334 valence electrons. The molecule has 66 heavy (non-hydrogen) atoms. The maximum absolute atomic E-state index is 7.93. The van der Waals surface area contributed by atoms with Gasteiger partial charge in [0.05, 0.1) is 34.5 Å². The highest BCUT2D eigenvalue weighted by atomic mass is 16.5. The van der Waals surface area contributed by atoms with Crippen LogP contribution < -0.4 is 23.8 Å². The number of hydrogen-bond donors (Lipinski definition) is 0. The van der Waals surface area contributed by atoms with Crippen LogP contribution >= 0.6 is 0 Å². The van der Waals surface area contributed by atoms with Crippen molar-refractivity contribution in [3.8, 4) is 56.4 Å². The predicted molar refractivity (Wildman–Crippen MR) is 268 cm³/mol. The maximum Gasteiger partial charge on any atom is 0.178 e. The molecule has 1 saturated heterocycles. The van der Waals surface area contributed by atoms with Gasteiger partial charge >= 0.3 is 0 Å². The van der Waals surface area contributed by atoms with Crippen molar-refractivity contribution in [3.05, 3.63) is 167 Å². The zero-order chi connectivity index (χ0) is 45.4. The molecule has 1 spiro atoms. The van der Waals surface area contributed by atoms with Crippen LogP contribution in [0.25, 0.3) is 50.2 Å². The summed E-state index contributed by atoms with van der Waals surface area (Å²) in [6.07, 6.45) is 7.97. The Balaban J connectivity index is 1.17. The van der Waals surface area contributed by atoms with E-state index in [4.69, 9.17) is 23.7 Å². The molecular formula is C60H59NO5. The van der Waals surface area contributed by atoms with Crippen molar-refractivity contribution in [1.82, 2.24) is 0 Å². The molecule has 2 heterocycles. The van der Waals surface area contributed by atoms with Crippen LogP contribution in [0.1, 0.15) is 74.8 Å². The van der Waals surface area contributed by atoms with Crippen molar-refractivity contribution >= 4 is 22.5 Å². The van der Waals surface area contributed by atoms with Crippen molar-refractivity contribution in [2.24, 2.45) is 10.8 Å². The van der Waals surface area contributed by atoms with Gasteiger partial charge in [0.25, 0.3) is 0 Å². The van der Waals surface area contributed by atoms with Crippen LogP contribution in [0.5, 0.6) is 23.0 Å². The Kier molecular flexibility index (Phi) is 10.1. The fraction of sp³-hybridized carbons (Fsp3) is 0.300. The van der Waals surface area contributed by atoms with Crippen LogP contribution in [-0.2, 0) is 15.8 Å². The zero-order valence-corrected chi connectivity index (χ0v) is 39.3. The van der Waals surface area contributed by atoms with Gasteiger partial charge in [-0.1, -0.05) is 119 Å². The number of ether oxygens (including phenoxy) is 5. The normalized spacial score (nSPS) is 19.7. The van der Waals surface area contributed by atoms with Crippen molar-refractivity contribution < 1.29 is 23.7 Å². The number of methoxy groups -OCH3 is 3. The van der Waals surface area contributed by atoms with Gasteiger partial charge in [0.2, 0.25) is 0 Å². The number of fused-ring (bicyclic) bond motifs is 10. The number of anilines is 1.